The summed E-state index contributed by atoms with van der Waals surface area (Å²) in [5, 5.41) is 3.26. The van der Waals surface area contributed by atoms with Gasteiger partial charge in [-0.1, -0.05) is 41.4 Å². The van der Waals surface area contributed by atoms with E-state index in [1.165, 1.54) is 21.5 Å². The van der Waals surface area contributed by atoms with Crippen LogP contribution in [0.3, 0.4) is 0 Å². The minimum atomic E-state index is -3.69. The fraction of sp³-hybridized carbons (Fsp3) is 0.286. The number of piperazine rings is 1. The lowest BCUT2D eigenvalue weighted by atomic mass is 10.1. The Hall–Kier alpha value is -1.64. The van der Waals surface area contributed by atoms with Crippen molar-refractivity contribution in [2.24, 2.45) is 0 Å². The first-order valence-corrected chi connectivity index (χ1v) is 12.6. The molecule has 1 aliphatic heterocycles. The third-order valence-corrected chi connectivity index (χ3v) is 9.11. The highest BCUT2D eigenvalue weighted by atomic mass is 35.5. The number of nitrogens with zero attached hydrogens (tertiary/aromatic N) is 3. The maximum Gasteiger partial charge on any atom is 0.244 e. The Bertz CT molecular complexity index is 1190. The smallest absolute Gasteiger partial charge is 0.244 e. The third kappa shape index (κ3) is 4.09. The second-order valence-electron chi connectivity index (χ2n) is 7.26. The van der Waals surface area contributed by atoms with Gasteiger partial charge in [0.15, 0.2) is 5.13 Å². The molecular weight excluding hydrogens is 461 g/mol. The Morgan fingerprint density at radius 2 is 1.73 bits per heavy atom. The van der Waals surface area contributed by atoms with Gasteiger partial charge < -0.3 is 4.90 Å². The Kier molecular flexibility index (Phi) is 6.10. The average molecular weight is 482 g/mol. The maximum atomic E-state index is 13.0. The lowest BCUT2D eigenvalue weighted by Crippen LogP contribution is -2.48. The Morgan fingerprint density at radius 3 is 2.43 bits per heavy atom. The van der Waals surface area contributed by atoms with Gasteiger partial charge in [0.05, 0.1) is 15.7 Å². The van der Waals surface area contributed by atoms with E-state index in [-0.39, 0.29) is 14.9 Å². The summed E-state index contributed by atoms with van der Waals surface area (Å²) in [5.74, 6) is 0. The van der Waals surface area contributed by atoms with Crippen molar-refractivity contribution < 1.29 is 8.42 Å². The molecule has 1 aliphatic rings. The van der Waals surface area contributed by atoms with Crippen LogP contribution >= 0.6 is 34.5 Å². The second-order valence-corrected chi connectivity index (χ2v) is 10.8. The molecule has 158 valence electrons. The molecular formula is C21H21Cl2N3O2S2. The average Bonchev–Trinajstić information content (AvgIpc) is 3.22. The lowest BCUT2D eigenvalue weighted by molar-refractivity contribution is 0.385. The topological polar surface area (TPSA) is 53.5 Å². The van der Waals surface area contributed by atoms with Crippen LogP contribution in [0.1, 0.15) is 11.1 Å². The minimum absolute atomic E-state index is 0.0522. The molecule has 3 aromatic rings. The van der Waals surface area contributed by atoms with Crippen LogP contribution in [0.25, 0.3) is 11.3 Å². The van der Waals surface area contributed by atoms with E-state index in [1.807, 2.05) is 5.38 Å². The molecule has 0 spiro atoms. The highest BCUT2D eigenvalue weighted by Crippen LogP contribution is 2.33. The summed E-state index contributed by atoms with van der Waals surface area (Å²) in [6.45, 7) is 6.05. The second kappa shape index (κ2) is 8.48. The van der Waals surface area contributed by atoms with Crippen LogP contribution in [0.15, 0.2) is 46.7 Å². The zero-order chi connectivity index (χ0) is 21.5. The van der Waals surface area contributed by atoms with Crippen molar-refractivity contribution in [3.05, 3.63) is 63.0 Å². The largest absolute Gasteiger partial charge is 0.345 e. The van der Waals surface area contributed by atoms with Crippen LogP contribution in [0.2, 0.25) is 10.0 Å². The monoisotopic (exact) mass is 481 g/mol. The van der Waals surface area contributed by atoms with Crippen molar-refractivity contribution in [1.29, 1.82) is 0 Å². The fourth-order valence-corrected chi connectivity index (χ4v) is 6.43. The number of sulfonamides is 1. The van der Waals surface area contributed by atoms with Gasteiger partial charge in [-0.2, -0.15) is 4.31 Å². The van der Waals surface area contributed by atoms with E-state index < -0.39 is 10.0 Å². The number of rotatable bonds is 4. The number of hydrogen-bond acceptors (Lipinski definition) is 5. The molecule has 0 unspecified atom stereocenters. The SMILES string of the molecule is Cc1ccc(-c2csc(N3CCN(S(=O)(=O)c4cccc(Cl)c4Cl)CC3)n2)cc1C. The number of halogens is 2. The molecule has 0 aliphatic carbocycles. The number of aryl methyl sites for hydroxylation is 2. The van der Waals surface area contributed by atoms with Crippen molar-refractivity contribution in [2.45, 2.75) is 18.7 Å². The van der Waals surface area contributed by atoms with Gasteiger partial charge in [0, 0.05) is 37.1 Å². The van der Waals surface area contributed by atoms with E-state index >= 15 is 0 Å². The van der Waals surface area contributed by atoms with E-state index in [0.717, 1.165) is 16.4 Å². The zero-order valence-corrected chi connectivity index (χ0v) is 19.7. The predicted molar refractivity (Wildman–Crippen MR) is 124 cm³/mol. The van der Waals surface area contributed by atoms with Crippen LogP contribution in [-0.2, 0) is 10.0 Å². The summed E-state index contributed by atoms with van der Waals surface area (Å²) < 4.78 is 27.5. The molecule has 0 radical (unpaired) electrons. The molecule has 0 bridgehead atoms. The van der Waals surface area contributed by atoms with Gasteiger partial charge in [0.2, 0.25) is 10.0 Å². The molecule has 5 nitrogen and oxygen atoms in total. The summed E-state index contributed by atoms with van der Waals surface area (Å²) >= 11 is 13.7. The zero-order valence-electron chi connectivity index (χ0n) is 16.6. The molecule has 1 aromatic heterocycles. The van der Waals surface area contributed by atoms with Crippen molar-refractivity contribution in [3.63, 3.8) is 0 Å². The molecule has 0 N–H and O–H groups in total. The minimum Gasteiger partial charge on any atom is -0.345 e. The number of anilines is 1. The lowest BCUT2D eigenvalue weighted by Gasteiger charge is -2.34. The standard InChI is InChI=1S/C21H21Cl2N3O2S2/c1-14-6-7-16(12-15(14)2)18-13-29-21(24-18)25-8-10-26(11-9-25)30(27,28)19-5-3-4-17(22)20(19)23/h3-7,12-13H,8-11H2,1-2H3. The quantitative estimate of drug-likeness (QED) is 0.510. The van der Waals surface area contributed by atoms with E-state index in [0.29, 0.717) is 26.2 Å². The van der Waals surface area contributed by atoms with E-state index in [2.05, 4.69) is 36.9 Å². The molecule has 30 heavy (non-hydrogen) atoms. The highest BCUT2D eigenvalue weighted by molar-refractivity contribution is 7.89. The summed E-state index contributed by atoms with van der Waals surface area (Å²) in [5.41, 5.74) is 4.53. The summed E-state index contributed by atoms with van der Waals surface area (Å²) in [4.78, 5) is 6.96. The first-order valence-electron chi connectivity index (χ1n) is 9.49. The van der Waals surface area contributed by atoms with Crippen LogP contribution in [-0.4, -0.2) is 43.9 Å². The summed E-state index contributed by atoms with van der Waals surface area (Å²) in [6, 6.07) is 11.0. The number of benzene rings is 2. The number of hydrogen-bond donors (Lipinski definition) is 0. The Morgan fingerprint density at radius 1 is 1.00 bits per heavy atom. The van der Waals surface area contributed by atoms with Crippen LogP contribution in [0.4, 0.5) is 5.13 Å². The Balaban J connectivity index is 1.48. The predicted octanol–water partition coefficient (Wildman–Crippen LogP) is 5.24. The van der Waals surface area contributed by atoms with Crippen LogP contribution in [0, 0.1) is 13.8 Å². The van der Waals surface area contributed by atoms with Crippen molar-refractivity contribution in [2.75, 3.05) is 31.1 Å². The van der Waals surface area contributed by atoms with Crippen molar-refractivity contribution >= 4 is 49.7 Å². The van der Waals surface area contributed by atoms with Gasteiger partial charge in [-0.15, -0.1) is 11.3 Å². The number of thiazole rings is 1. The normalized spacial score (nSPS) is 15.5. The molecule has 9 heteroatoms. The molecule has 1 saturated heterocycles. The van der Waals surface area contributed by atoms with E-state index in [9.17, 15) is 8.42 Å². The van der Waals surface area contributed by atoms with Gasteiger partial charge in [0.1, 0.15) is 4.90 Å². The molecule has 0 saturated carbocycles. The van der Waals surface area contributed by atoms with E-state index in [1.54, 1.807) is 23.5 Å². The van der Waals surface area contributed by atoms with Crippen LogP contribution in [0.5, 0.6) is 0 Å². The van der Waals surface area contributed by atoms with Crippen molar-refractivity contribution in [3.8, 4) is 11.3 Å². The Labute approximate surface area is 190 Å². The first-order chi connectivity index (χ1) is 14.3. The van der Waals surface area contributed by atoms with Crippen molar-refractivity contribution in [1.82, 2.24) is 9.29 Å². The first kappa shape index (κ1) is 21.6. The van der Waals surface area contributed by atoms with Gasteiger partial charge in [-0.05, 0) is 43.2 Å². The maximum absolute atomic E-state index is 13.0. The van der Waals surface area contributed by atoms with E-state index in [4.69, 9.17) is 28.2 Å². The molecule has 1 fully saturated rings. The van der Waals surface area contributed by atoms with Crippen LogP contribution < -0.4 is 4.90 Å². The summed E-state index contributed by atoms with van der Waals surface area (Å²) in [6.07, 6.45) is 0. The molecule has 2 heterocycles. The summed E-state index contributed by atoms with van der Waals surface area (Å²) in [7, 11) is -3.69. The molecule has 0 atom stereocenters. The highest BCUT2D eigenvalue weighted by Gasteiger charge is 2.31. The number of aromatic nitrogens is 1. The molecule has 0 amide bonds. The van der Waals surface area contributed by atoms with Gasteiger partial charge in [-0.25, -0.2) is 13.4 Å². The van der Waals surface area contributed by atoms with Gasteiger partial charge in [-0.3, -0.25) is 0 Å². The molecule has 4 rings (SSSR count). The third-order valence-electron chi connectivity index (χ3n) is 5.34. The fourth-order valence-electron chi connectivity index (χ4n) is 3.38. The van der Waals surface area contributed by atoms with Gasteiger partial charge in [0.25, 0.3) is 0 Å². The van der Waals surface area contributed by atoms with Gasteiger partial charge >= 0.3 is 0 Å². The molecule has 2 aromatic carbocycles.